The molecule has 2 aliphatic heterocycles. The molecule has 0 aromatic carbocycles. The molecule has 0 aliphatic carbocycles. The third kappa shape index (κ3) is 4.22. The van der Waals surface area contributed by atoms with Crippen LogP contribution in [0.1, 0.15) is 46.5 Å². The van der Waals surface area contributed by atoms with Crippen molar-refractivity contribution in [2.45, 2.75) is 58.0 Å². The molecule has 4 amide bonds. The lowest BCUT2D eigenvalue weighted by atomic mass is 10.0. The molecule has 23 heavy (non-hydrogen) atoms. The van der Waals surface area contributed by atoms with Gasteiger partial charge in [-0.05, 0) is 46.2 Å². The number of carbonyl (C=O) groups excluding carboxylic acids is 3. The third-order valence-corrected chi connectivity index (χ3v) is 4.62. The predicted molar refractivity (Wildman–Crippen MR) is 86.8 cm³/mol. The summed E-state index contributed by atoms with van der Waals surface area (Å²) in [6, 6.07) is -1.13. The summed E-state index contributed by atoms with van der Waals surface area (Å²) < 4.78 is 0. The van der Waals surface area contributed by atoms with Gasteiger partial charge in [-0.15, -0.1) is 0 Å². The van der Waals surface area contributed by atoms with Gasteiger partial charge in [-0.1, -0.05) is 6.92 Å². The van der Waals surface area contributed by atoms with Crippen LogP contribution in [0.4, 0.5) is 4.79 Å². The molecule has 0 bridgehead atoms. The van der Waals surface area contributed by atoms with Crippen molar-refractivity contribution < 1.29 is 14.4 Å². The molecule has 0 unspecified atom stereocenters. The highest BCUT2D eigenvalue weighted by Gasteiger charge is 2.38. The van der Waals surface area contributed by atoms with Gasteiger partial charge in [-0.2, -0.15) is 0 Å². The number of nitrogens with one attached hydrogen (secondary N) is 2. The summed E-state index contributed by atoms with van der Waals surface area (Å²) in [5, 5.41) is 5.49. The molecule has 0 spiro atoms. The van der Waals surface area contributed by atoms with Crippen LogP contribution in [0.15, 0.2) is 0 Å². The molecule has 2 fully saturated rings. The molecule has 0 saturated carbocycles. The molecule has 7 nitrogen and oxygen atoms in total. The van der Waals surface area contributed by atoms with E-state index >= 15 is 0 Å². The van der Waals surface area contributed by atoms with Crippen molar-refractivity contribution in [2.24, 2.45) is 0 Å². The Bertz CT molecular complexity index is 472. The number of urea groups is 1. The summed E-state index contributed by atoms with van der Waals surface area (Å²) in [5.41, 5.74) is -0.0939. The van der Waals surface area contributed by atoms with E-state index in [1.807, 2.05) is 6.92 Å². The first-order valence-corrected chi connectivity index (χ1v) is 8.49. The second-order valence-electron chi connectivity index (χ2n) is 6.98. The first kappa shape index (κ1) is 17.7. The number of rotatable bonds is 7. The van der Waals surface area contributed by atoms with Gasteiger partial charge in [0.1, 0.15) is 6.04 Å². The van der Waals surface area contributed by atoms with Crippen LogP contribution in [0.2, 0.25) is 0 Å². The highest BCUT2D eigenvalue weighted by Crippen LogP contribution is 2.20. The van der Waals surface area contributed by atoms with Crippen molar-refractivity contribution >= 4 is 17.8 Å². The van der Waals surface area contributed by atoms with E-state index in [4.69, 9.17) is 0 Å². The van der Waals surface area contributed by atoms with Crippen molar-refractivity contribution in [3.8, 4) is 0 Å². The lowest BCUT2D eigenvalue weighted by Crippen LogP contribution is -2.51. The number of hydrogen-bond donors (Lipinski definition) is 2. The molecule has 0 aromatic heterocycles. The molecule has 1 atom stereocenters. The average molecular weight is 324 g/mol. The van der Waals surface area contributed by atoms with Crippen LogP contribution in [0.25, 0.3) is 0 Å². The molecule has 130 valence electrons. The van der Waals surface area contributed by atoms with Crippen LogP contribution < -0.4 is 10.6 Å². The normalized spacial score (nSPS) is 22.6. The van der Waals surface area contributed by atoms with Gasteiger partial charge >= 0.3 is 6.03 Å². The van der Waals surface area contributed by atoms with Crippen molar-refractivity contribution in [1.29, 1.82) is 0 Å². The lowest BCUT2D eigenvalue weighted by Gasteiger charge is -2.35. The van der Waals surface area contributed by atoms with Gasteiger partial charge in [0.2, 0.25) is 5.91 Å². The molecule has 0 radical (unpaired) electrons. The minimum atomic E-state index is -0.732. The Kier molecular flexibility index (Phi) is 5.62. The highest BCUT2D eigenvalue weighted by molar-refractivity contribution is 6.05. The van der Waals surface area contributed by atoms with E-state index in [-0.39, 0.29) is 23.8 Å². The van der Waals surface area contributed by atoms with Crippen molar-refractivity contribution in [1.82, 2.24) is 20.4 Å². The summed E-state index contributed by atoms with van der Waals surface area (Å²) in [4.78, 5) is 39.5. The number of hydrogen-bond acceptors (Lipinski definition) is 4. The van der Waals surface area contributed by atoms with Gasteiger partial charge in [0.05, 0.1) is 6.42 Å². The minimum Gasteiger partial charge on any atom is -0.354 e. The minimum absolute atomic E-state index is 0.000861. The van der Waals surface area contributed by atoms with E-state index in [9.17, 15) is 14.4 Å². The molecule has 2 saturated heterocycles. The van der Waals surface area contributed by atoms with E-state index in [0.717, 1.165) is 13.1 Å². The number of imide groups is 1. The maximum Gasteiger partial charge on any atom is 0.324 e. The predicted octanol–water partition coefficient (Wildman–Crippen LogP) is 0.698. The molecule has 2 aliphatic rings. The van der Waals surface area contributed by atoms with Crippen LogP contribution in [0.3, 0.4) is 0 Å². The third-order valence-electron chi connectivity index (χ3n) is 4.62. The molecule has 2 rings (SSSR count). The van der Waals surface area contributed by atoms with Crippen LogP contribution in [-0.2, 0) is 9.59 Å². The number of carbonyl (C=O) groups is 3. The SMILES string of the molecule is CCCN1C(=O)N[C@@H](CC(=O)NCC(C)(C)N2CCCC2)C1=O. The first-order chi connectivity index (χ1) is 10.8. The van der Waals surface area contributed by atoms with Gasteiger partial charge in [0, 0.05) is 18.6 Å². The molecule has 0 aromatic rings. The van der Waals surface area contributed by atoms with Gasteiger partial charge in [-0.3, -0.25) is 19.4 Å². The van der Waals surface area contributed by atoms with E-state index < -0.39 is 12.1 Å². The zero-order valence-corrected chi connectivity index (χ0v) is 14.4. The highest BCUT2D eigenvalue weighted by atomic mass is 16.2. The molecule has 2 heterocycles. The average Bonchev–Trinajstić information content (AvgIpc) is 3.11. The van der Waals surface area contributed by atoms with Crippen molar-refractivity contribution in [2.75, 3.05) is 26.2 Å². The van der Waals surface area contributed by atoms with Crippen LogP contribution >= 0.6 is 0 Å². The fraction of sp³-hybridized carbons (Fsp3) is 0.812. The maximum atomic E-state index is 12.1. The van der Waals surface area contributed by atoms with Gasteiger partial charge in [-0.25, -0.2) is 4.79 Å². The Morgan fingerprint density at radius 3 is 2.57 bits per heavy atom. The standard InChI is InChI=1S/C16H28N4O3/c1-4-7-20-14(22)12(18-15(20)23)10-13(21)17-11-16(2,3)19-8-5-6-9-19/h12H,4-11H2,1-3H3,(H,17,21)(H,18,23)/t12-/m0/s1. The Morgan fingerprint density at radius 2 is 1.96 bits per heavy atom. The fourth-order valence-corrected chi connectivity index (χ4v) is 3.16. The smallest absolute Gasteiger partial charge is 0.324 e. The Balaban J connectivity index is 1.81. The van der Waals surface area contributed by atoms with Crippen LogP contribution in [0.5, 0.6) is 0 Å². The Hall–Kier alpha value is -1.63. The molecule has 2 N–H and O–H groups in total. The second kappa shape index (κ2) is 7.29. The summed E-state index contributed by atoms with van der Waals surface area (Å²) in [7, 11) is 0. The van der Waals surface area contributed by atoms with Crippen molar-refractivity contribution in [3.05, 3.63) is 0 Å². The summed E-state index contributed by atoms with van der Waals surface area (Å²) in [6.45, 7) is 9.19. The summed E-state index contributed by atoms with van der Waals surface area (Å²) in [6.07, 6.45) is 3.11. The fourth-order valence-electron chi connectivity index (χ4n) is 3.16. The zero-order valence-electron chi connectivity index (χ0n) is 14.4. The number of amides is 4. The van der Waals surface area contributed by atoms with Crippen molar-refractivity contribution in [3.63, 3.8) is 0 Å². The zero-order chi connectivity index (χ0) is 17.0. The van der Waals surface area contributed by atoms with E-state index in [2.05, 4.69) is 29.4 Å². The van der Waals surface area contributed by atoms with Crippen LogP contribution in [0, 0.1) is 0 Å². The lowest BCUT2D eigenvalue weighted by molar-refractivity contribution is -0.131. The second-order valence-corrected chi connectivity index (χ2v) is 6.98. The van der Waals surface area contributed by atoms with Gasteiger partial charge in [0.15, 0.2) is 0 Å². The molecular formula is C16H28N4O3. The van der Waals surface area contributed by atoms with Gasteiger partial charge in [0.25, 0.3) is 5.91 Å². The summed E-state index contributed by atoms with van der Waals surface area (Å²) >= 11 is 0. The van der Waals surface area contributed by atoms with E-state index in [1.165, 1.54) is 17.7 Å². The molecule has 7 heteroatoms. The van der Waals surface area contributed by atoms with Gasteiger partial charge < -0.3 is 10.6 Å². The monoisotopic (exact) mass is 324 g/mol. The first-order valence-electron chi connectivity index (χ1n) is 8.49. The largest absolute Gasteiger partial charge is 0.354 e. The number of nitrogens with zero attached hydrogens (tertiary/aromatic N) is 2. The summed E-state index contributed by atoms with van der Waals surface area (Å²) in [5.74, 6) is -0.500. The van der Waals surface area contributed by atoms with E-state index in [0.29, 0.717) is 19.5 Å². The van der Waals surface area contributed by atoms with E-state index in [1.54, 1.807) is 0 Å². The number of likely N-dealkylation sites (tertiary alicyclic amines) is 1. The topological polar surface area (TPSA) is 81.8 Å². The van der Waals surface area contributed by atoms with Crippen LogP contribution in [-0.4, -0.2) is 65.4 Å². The Labute approximate surface area is 137 Å². The maximum absolute atomic E-state index is 12.1. The molecular weight excluding hydrogens is 296 g/mol. The quantitative estimate of drug-likeness (QED) is 0.675. The Morgan fingerprint density at radius 1 is 1.30 bits per heavy atom.